The van der Waals surface area contributed by atoms with Crippen LogP contribution in [0.25, 0.3) is 11.0 Å². The lowest BCUT2D eigenvalue weighted by Crippen LogP contribution is -2.29. The third-order valence-corrected chi connectivity index (χ3v) is 4.20. The van der Waals surface area contributed by atoms with Gasteiger partial charge in [0.25, 0.3) is 5.91 Å². The Morgan fingerprint density at radius 2 is 1.64 bits per heavy atom. The molecule has 2 aromatic carbocycles. The zero-order chi connectivity index (χ0) is 18.1. The van der Waals surface area contributed by atoms with Gasteiger partial charge in [0.1, 0.15) is 0 Å². The zero-order valence-electron chi connectivity index (χ0n) is 14.3. The van der Waals surface area contributed by atoms with Crippen molar-refractivity contribution in [3.8, 4) is 0 Å². The van der Waals surface area contributed by atoms with Crippen LogP contribution in [0.5, 0.6) is 0 Å². The average Bonchev–Trinajstić information content (AvgIpc) is 2.61. The Labute approximate surface area is 144 Å². The minimum Gasteiger partial charge on any atom is -0.316 e. The molecule has 0 saturated carbocycles. The fourth-order valence-corrected chi connectivity index (χ4v) is 2.65. The molecule has 0 spiro atoms. The average molecular weight is 337 g/mol. The van der Waals surface area contributed by atoms with Crippen molar-refractivity contribution in [2.75, 3.05) is 11.9 Å². The van der Waals surface area contributed by atoms with Gasteiger partial charge in [-0.25, -0.2) is 0 Å². The second-order valence-electron chi connectivity index (χ2n) is 6.28. The van der Waals surface area contributed by atoms with Crippen LogP contribution in [-0.4, -0.2) is 22.9 Å². The molecule has 25 heavy (non-hydrogen) atoms. The first kappa shape index (κ1) is 16.7. The Hall–Kier alpha value is -3.15. The van der Waals surface area contributed by atoms with E-state index in [2.05, 4.69) is 23.8 Å². The largest absolute Gasteiger partial charge is 0.316 e. The maximum atomic E-state index is 12.8. The summed E-state index contributed by atoms with van der Waals surface area (Å²) in [6, 6.07) is 12.6. The molecule has 3 rings (SSSR count). The van der Waals surface area contributed by atoms with Gasteiger partial charge in [-0.1, -0.05) is 26.0 Å². The van der Waals surface area contributed by atoms with Gasteiger partial charge in [-0.15, -0.1) is 0 Å². The van der Waals surface area contributed by atoms with Crippen LogP contribution in [0.3, 0.4) is 0 Å². The summed E-state index contributed by atoms with van der Waals surface area (Å²) in [5, 5.41) is 0. The van der Waals surface area contributed by atoms with Crippen LogP contribution in [0.4, 0.5) is 5.69 Å². The standard InChI is InChI=1S/C19H19N3O3/c1-11(2)12-5-4-6-14(9-12)22(3)19(25)13-7-8-15-16(10-13)21-18(24)17(23)20-15/h4-11H,1-3H3,(H,20,23)(H,21,24). The van der Waals surface area contributed by atoms with Crippen molar-refractivity contribution in [3.63, 3.8) is 0 Å². The molecule has 2 N–H and O–H groups in total. The maximum Gasteiger partial charge on any atom is 0.314 e. The number of anilines is 1. The fourth-order valence-electron chi connectivity index (χ4n) is 2.65. The number of aromatic amines is 2. The minimum atomic E-state index is -0.741. The van der Waals surface area contributed by atoms with Crippen molar-refractivity contribution in [1.82, 2.24) is 9.97 Å². The number of fused-ring (bicyclic) bond motifs is 1. The molecule has 3 aromatic rings. The molecular formula is C19H19N3O3. The molecule has 0 aliphatic carbocycles. The number of carbonyl (C=O) groups is 1. The molecule has 0 aliphatic heterocycles. The third-order valence-electron chi connectivity index (χ3n) is 4.20. The number of nitrogens with one attached hydrogen (secondary N) is 2. The Bertz CT molecular complexity index is 1060. The van der Waals surface area contributed by atoms with Crippen LogP contribution in [0.1, 0.15) is 35.7 Å². The molecule has 0 saturated heterocycles. The quantitative estimate of drug-likeness (QED) is 0.720. The Kier molecular flexibility index (Phi) is 4.27. The van der Waals surface area contributed by atoms with Crippen LogP contribution >= 0.6 is 0 Å². The van der Waals surface area contributed by atoms with Gasteiger partial charge in [0.2, 0.25) is 0 Å². The van der Waals surface area contributed by atoms with Crippen molar-refractivity contribution < 1.29 is 4.79 Å². The summed E-state index contributed by atoms with van der Waals surface area (Å²) in [4.78, 5) is 42.2. The van der Waals surface area contributed by atoms with Gasteiger partial charge in [-0.3, -0.25) is 14.4 Å². The number of hydrogen-bond acceptors (Lipinski definition) is 3. The molecule has 0 fully saturated rings. The molecule has 128 valence electrons. The van der Waals surface area contributed by atoms with Gasteiger partial charge >= 0.3 is 11.1 Å². The monoisotopic (exact) mass is 337 g/mol. The topological polar surface area (TPSA) is 86.0 Å². The first-order chi connectivity index (χ1) is 11.9. The summed E-state index contributed by atoms with van der Waals surface area (Å²) < 4.78 is 0. The van der Waals surface area contributed by atoms with E-state index >= 15 is 0 Å². The molecule has 0 unspecified atom stereocenters. The number of hydrogen-bond donors (Lipinski definition) is 2. The van der Waals surface area contributed by atoms with Crippen LogP contribution in [0.15, 0.2) is 52.1 Å². The van der Waals surface area contributed by atoms with Gasteiger partial charge in [-0.2, -0.15) is 0 Å². The molecule has 0 atom stereocenters. The Morgan fingerprint density at radius 1 is 0.960 bits per heavy atom. The van der Waals surface area contributed by atoms with E-state index in [0.717, 1.165) is 11.3 Å². The smallest absolute Gasteiger partial charge is 0.314 e. The van der Waals surface area contributed by atoms with Gasteiger partial charge in [0.05, 0.1) is 11.0 Å². The zero-order valence-corrected chi connectivity index (χ0v) is 14.3. The summed E-state index contributed by atoms with van der Waals surface area (Å²) >= 11 is 0. The molecule has 1 heterocycles. The van der Waals surface area contributed by atoms with Gasteiger partial charge in [0.15, 0.2) is 0 Å². The first-order valence-electron chi connectivity index (χ1n) is 8.01. The summed E-state index contributed by atoms with van der Waals surface area (Å²) in [7, 11) is 1.71. The highest BCUT2D eigenvalue weighted by atomic mass is 16.2. The van der Waals surface area contributed by atoms with Crippen molar-refractivity contribution in [1.29, 1.82) is 0 Å². The van der Waals surface area contributed by atoms with Crippen LogP contribution in [-0.2, 0) is 0 Å². The highest BCUT2D eigenvalue weighted by Gasteiger charge is 2.15. The summed E-state index contributed by atoms with van der Waals surface area (Å²) in [5.41, 5.74) is 1.81. The molecule has 0 radical (unpaired) electrons. The second kappa shape index (κ2) is 6.39. The van der Waals surface area contributed by atoms with Crippen molar-refractivity contribution in [3.05, 3.63) is 74.3 Å². The van der Waals surface area contributed by atoms with E-state index in [1.54, 1.807) is 30.1 Å². The van der Waals surface area contributed by atoms with Crippen LogP contribution in [0, 0.1) is 0 Å². The molecule has 1 aromatic heterocycles. The van der Waals surface area contributed by atoms with E-state index in [4.69, 9.17) is 0 Å². The maximum absolute atomic E-state index is 12.8. The van der Waals surface area contributed by atoms with Crippen molar-refractivity contribution >= 4 is 22.6 Å². The van der Waals surface area contributed by atoms with E-state index in [0.29, 0.717) is 22.5 Å². The lowest BCUT2D eigenvalue weighted by molar-refractivity contribution is 0.0993. The predicted molar refractivity (Wildman–Crippen MR) is 98.5 cm³/mol. The molecule has 0 aliphatic rings. The predicted octanol–water partition coefficient (Wildman–Crippen LogP) is 2.62. The number of carbonyl (C=O) groups excluding carboxylic acids is 1. The highest BCUT2D eigenvalue weighted by Crippen LogP contribution is 2.22. The lowest BCUT2D eigenvalue weighted by atomic mass is 10.0. The highest BCUT2D eigenvalue weighted by molar-refractivity contribution is 6.07. The number of benzene rings is 2. The van der Waals surface area contributed by atoms with E-state index in [1.807, 2.05) is 24.3 Å². The first-order valence-corrected chi connectivity index (χ1v) is 8.01. The van der Waals surface area contributed by atoms with Crippen molar-refractivity contribution in [2.24, 2.45) is 0 Å². The number of nitrogens with zero attached hydrogens (tertiary/aromatic N) is 1. The number of H-pyrrole nitrogens is 2. The van der Waals surface area contributed by atoms with Crippen LogP contribution < -0.4 is 16.0 Å². The fraction of sp³-hybridized carbons (Fsp3) is 0.211. The summed E-state index contributed by atoms with van der Waals surface area (Å²) in [5.74, 6) is 0.167. The minimum absolute atomic E-state index is 0.199. The molecule has 1 amide bonds. The molecular weight excluding hydrogens is 318 g/mol. The SMILES string of the molecule is CC(C)c1cccc(N(C)C(=O)c2ccc3[nH]c(=O)c(=O)[nH]c3c2)c1. The lowest BCUT2D eigenvalue weighted by Gasteiger charge is -2.19. The normalized spacial score (nSPS) is 11.0. The van der Waals surface area contributed by atoms with Crippen molar-refractivity contribution in [2.45, 2.75) is 19.8 Å². The van der Waals surface area contributed by atoms with Gasteiger partial charge in [0, 0.05) is 18.3 Å². The Balaban J connectivity index is 1.98. The van der Waals surface area contributed by atoms with E-state index in [9.17, 15) is 14.4 Å². The summed E-state index contributed by atoms with van der Waals surface area (Å²) in [6.45, 7) is 4.20. The molecule has 6 nitrogen and oxygen atoms in total. The van der Waals surface area contributed by atoms with Gasteiger partial charge < -0.3 is 14.9 Å². The van der Waals surface area contributed by atoms with Gasteiger partial charge in [-0.05, 0) is 41.8 Å². The third kappa shape index (κ3) is 3.24. The van der Waals surface area contributed by atoms with E-state index < -0.39 is 11.1 Å². The summed E-state index contributed by atoms with van der Waals surface area (Å²) in [6.07, 6.45) is 0. The molecule has 6 heteroatoms. The second-order valence-corrected chi connectivity index (χ2v) is 6.28. The number of rotatable bonds is 3. The van der Waals surface area contributed by atoms with Crippen LogP contribution in [0.2, 0.25) is 0 Å². The van der Waals surface area contributed by atoms with E-state index in [1.165, 1.54) is 0 Å². The Morgan fingerprint density at radius 3 is 2.32 bits per heavy atom. The molecule has 0 bridgehead atoms. The van der Waals surface area contributed by atoms with E-state index in [-0.39, 0.29) is 5.91 Å². The number of aromatic nitrogens is 2. The number of amides is 1.